The van der Waals surface area contributed by atoms with Crippen LogP contribution in [-0.2, 0) is 14.3 Å². The summed E-state index contributed by atoms with van der Waals surface area (Å²) in [7, 11) is 0. The number of ether oxygens (including phenoxy) is 1. The van der Waals surface area contributed by atoms with Crippen molar-refractivity contribution in [3.05, 3.63) is 0 Å². The third-order valence-electron chi connectivity index (χ3n) is 3.42. The van der Waals surface area contributed by atoms with Gasteiger partial charge in [-0.2, -0.15) is 0 Å². The van der Waals surface area contributed by atoms with Crippen molar-refractivity contribution in [2.75, 3.05) is 32.8 Å². The number of nitrogens with one attached hydrogen (secondary N) is 1. The highest BCUT2D eigenvalue weighted by atomic mass is 32.1. The van der Waals surface area contributed by atoms with Crippen LogP contribution in [-0.4, -0.2) is 54.6 Å². The van der Waals surface area contributed by atoms with Crippen LogP contribution in [0.25, 0.3) is 0 Å². The van der Waals surface area contributed by atoms with Gasteiger partial charge in [-0.15, -0.1) is 0 Å². The molecule has 1 saturated heterocycles. The molecule has 2 rings (SSSR count). The molecule has 0 aromatic carbocycles. The largest absolute Gasteiger partial charge is 0.392 e. The average molecular weight is 271 g/mol. The molecule has 0 bridgehead atoms. The summed E-state index contributed by atoms with van der Waals surface area (Å²) in [5.41, 5.74) is 4.85. The quantitative estimate of drug-likeness (QED) is 0.643. The number of morpholine rings is 1. The van der Waals surface area contributed by atoms with Gasteiger partial charge < -0.3 is 20.7 Å². The SMILES string of the molecule is NC(=S)C1(C(=O)NCC(=O)N2CCOCC2)CC1. The van der Waals surface area contributed by atoms with Gasteiger partial charge in [-0.25, -0.2) is 0 Å². The summed E-state index contributed by atoms with van der Waals surface area (Å²) in [5.74, 6) is -0.318. The Morgan fingerprint density at radius 1 is 1.33 bits per heavy atom. The first-order chi connectivity index (χ1) is 8.56. The zero-order valence-electron chi connectivity index (χ0n) is 10.1. The van der Waals surface area contributed by atoms with Crippen molar-refractivity contribution >= 4 is 29.0 Å². The number of carbonyl (C=O) groups excluding carboxylic acids is 2. The number of hydrogen-bond donors (Lipinski definition) is 2. The highest BCUT2D eigenvalue weighted by Gasteiger charge is 2.52. The van der Waals surface area contributed by atoms with Gasteiger partial charge in [0, 0.05) is 13.1 Å². The summed E-state index contributed by atoms with van der Waals surface area (Å²) in [4.78, 5) is 25.6. The number of hydrogen-bond acceptors (Lipinski definition) is 4. The fraction of sp³-hybridized carbons (Fsp3) is 0.727. The molecular formula is C11H17N3O3S. The zero-order valence-corrected chi connectivity index (χ0v) is 10.9. The second kappa shape index (κ2) is 5.19. The minimum Gasteiger partial charge on any atom is -0.392 e. The van der Waals surface area contributed by atoms with E-state index in [4.69, 9.17) is 22.7 Å². The van der Waals surface area contributed by atoms with Crippen molar-refractivity contribution in [3.8, 4) is 0 Å². The van der Waals surface area contributed by atoms with Gasteiger partial charge in [-0.1, -0.05) is 12.2 Å². The number of carbonyl (C=O) groups is 2. The molecule has 1 saturated carbocycles. The first kappa shape index (κ1) is 13.2. The number of nitrogens with zero attached hydrogens (tertiary/aromatic N) is 1. The monoisotopic (exact) mass is 271 g/mol. The number of nitrogens with two attached hydrogens (primary N) is 1. The van der Waals surface area contributed by atoms with Gasteiger partial charge in [-0.05, 0) is 12.8 Å². The Morgan fingerprint density at radius 2 is 1.94 bits per heavy atom. The first-order valence-electron chi connectivity index (χ1n) is 6.00. The Kier molecular flexibility index (Phi) is 3.82. The molecule has 0 radical (unpaired) electrons. The van der Waals surface area contributed by atoms with Crippen molar-refractivity contribution in [2.45, 2.75) is 12.8 Å². The number of rotatable bonds is 4. The molecule has 6 nitrogen and oxygen atoms in total. The molecule has 2 fully saturated rings. The standard InChI is InChI=1S/C11H17N3O3S/c12-9(18)11(1-2-11)10(16)13-7-8(15)14-3-5-17-6-4-14/h1-7H2,(H2,12,18)(H,13,16). The lowest BCUT2D eigenvalue weighted by Crippen LogP contribution is -2.48. The maximum Gasteiger partial charge on any atom is 0.242 e. The Morgan fingerprint density at radius 3 is 2.44 bits per heavy atom. The van der Waals surface area contributed by atoms with Gasteiger partial charge in [0.25, 0.3) is 0 Å². The lowest BCUT2D eigenvalue weighted by molar-refractivity contribution is -0.136. The van der Waals surface area contributed by atoms with Gasteiger partial charge in [0.05, 0.1) is 30.2 Å². The van der Waals surface area contributed by atoms with Crippen LogP contribution in [0, 0.1) is 5.41 Å². The maximum absolute atomic E-state index is 11.9. The fourth-order valence-electron chi connectivity index (χ4n) is 1.96. The highest BCUT2D eigenvalue weighted by molar-refractivity contribution is 7.80. The van der Waals surface area contributed by atoms with E-state index in [1.807, 2.05) is 0 Å². The van der Waals surface area contributed by atoms with Crippen LogP contribution in [0.3, 0.4) is 0 Å². The minimum atomic E-state index is -0.694. The molecule has 0 atom stereocenters. The topological polar surface area (TPSA) is 84.7 Å². The van der Waals surface area contributed by atoms with Crippen molar-refractivity contribution in [3.63, 3.8) is 0 Å². The van der Waals surface area contributed by atoms with E-state index in [0.717, 1.165) is 0 Å². The molecule has 1 aliphatic heterocycles. The van der Waals surface area contributed by atoms with Crippen molar-refractivity contribution in [2.24, 2.45) is 11.1 Å². The Hall–Kier alpha value is -1.21. The van der Waals surface area contributed by atoms with E-state index in [9.17, 15) is 9.59 Å². The van der Waals surface area contributed by atoms with Crippen molar-refractivity contribution < 1.29 is 14.3 Å². The molecular weight excluding hydrogens is 254 g/mol. The molecule has 0 aromatic rings. The second-order valence-electron chi connectivity index (χ2n) is 4.62. The van der Waals surface area contributed by atoms with Crippen LogP contribution in [0.4, 0.5) is 0 Å². The lowest BCUT2D eigenvalue weighted by Gasteiger charge is -2.27. The Balaban J connectivity index is 1.79. The van der Waals surface area contributed by atoms with E-state index in [2.05, 4.69) is 5.32 Å². The summed E-state index contributed by atoms with van der Waals surface area (Å²) in [6.07, 6.45) is 1.36. The molecule has 1 aliphatic carbocycles. The van der Waals surface area contributed by atoms with E-state index < -0.39 is 5.41 Å². The van der Waals surface area contributed by atoms with Crippen LogP contribution in [0.1, 0.15) is 12.8 Å². The maximum atomic E-state index is 11.9. The first-order valence-corrected chi connectivity index (χ1v) is 6.41. The van der Waals surface area contributed by atoms with Gasteiger partial charge >= 0.3 is 0 Å². The number of amides is 2. The molecule has 0 aromatic heterocycles. The van der Waals surface area contributed by atoms with Crippen LogP contribution in [0.5, 0.6) is 0 Å². The summed E-state index contributed by atoms with van der Waals surface area (Å²) in [6.45, 7) is 2.26. The van der Waals surface area contributed by atoms with Gasteiger partial charge in [0.1, 0.15) is 0 Å². The summed E-state index contributed by atoms with van der Waals surface area (Å²) in [6, 6.07) is 0. The highest BCUT2D eigenvalue weighted by Crippen LogP contribution is 2.46. The molecule has 18 heavy (non-hydrogen) atoms. The predicted octanol–water partition coefficient (Wildman–Crippen LogP) is -0.972. The second-order valence-corrected chi connectivity index (χ2v) is 5.06. The third-order valence-corrected chi connectivity index (χ3v) is 3.81. The van der Waals surface area contributed by atoms with Gasteiger partial charge in [0.2, 0.25) is 11.8 Å². The molecule has 2 aliphatic rings. The predicted molar refractivity (Wildman–Crippen MR) is 68.9 cm³/mol. The molecule has 0 spiro atoms. The van der Waals surface area contributed by atoms with Crippen LogP contribution < -0.4 is 11.1 Å². The van der Waals surface area contributed by atoms with E-state index in [0.29, 0.717) is 39.1 Å². The van der Waals surface area contributed by atoms with E-state index >= 15 is 0 Å². The van der Waals surface area contributed by atoms with Gasteiger partial charge in [-0.3, -0.25) is 9.59 Å². The Bertz CT molecular complexity index is 376. The molecule has 3 N–H and O–H groups in total. The Labute approximate surface area is 111 Å². The molecule has 0 unspecified atom stereocenters. The average Bonchev–Trinajstić information content (AvgIpc) is 3.18. The van der Waals surface area contributed by atoms with Crippen molar-refractivity contribution in [1.82, 2.24) is 10.2 Å². The number of thiocarbonyl (C=S) groups is 1. The fourth-order valence-corrected chi connectivity index (χ4v) is 2.26. The molecule has 7 heteroatoms. The summed E-state index contributed by atoms with van der Waals surface area (Å²) >= 11 is 4.88. The van der Waals surface area contributed by atoms with E-state index in [-0.39, 0.29) is 23.3 Å². The van der Waals surface area contributed by atoms with E-state index in [1.165, 1.54) is 0 Å². The lowest BCUT2D eigenvalue weighted by atomic mass is 10.1. The van der Waals surface area contributed by atoms with Gasteiger partial charge in [0.15, 0.2) is 0 Å². The molecule has 1 heterocycles. The van der Waals surface area contributed by atoms with Crippen molar-refractivity contribution in [1.29, 1.82) is 0 Å². The normalized spacial score (nSPS) is 21.2. The smallest absolute Gasteiger partial charge is 0.242 e. The van der Waals surface area contributed by atoms with E-state index in [1.54, 1.807) is 4.90 Å². The summed E-state index contributed by atoms with van der Waals surface area (Å²) in [5, 5.41) is 2.63. The van der Waals surface area contributed by atoms with Crippen LogP contribution in [0.2, 0.25) is 0 Å². The summed E-state index contributed by atoms with van der Waals surface area (Å²) < 4.78 is 5.16. The van der Waals surface area contributed by atoms with Crippen LogP contribution >= 0.6 is 12.2 Å². The zero-order chi connectivity index (χ0) is 13.2. The third kappa shape index (κ3) is 2.62. The minimum absolute atomic E-state index is 0.00317. The molecule has 100 valence electrons. The molecule has 2 amide bonds. The van der Waals surface area contributed by atoms with Crippen LogP contribution in [0.15, 0.2) is 0 Å².